The topological polar surface area (TPSA) is 35.5 Å². The second-order valence-electron chi connectivity index (χ2n) is 3.67. The molecule has 0 aliphatic carbocycles. The summed E-state index contributed by atoms with van der Waals surface area (Å²) in [5.74, 6) is -0.215. The summed E-state index contributed by atoms with van der Waals surface area (Å²) >= 11 is 0. The molecule has 18 heavy (non-hydrogen) atoms. The molecule has 0 unspecified atom stereocenters. The molecule has 2 aromatic rings. The van der Waals surface area contributed by atoms with Gasteiger partial charge in [0.2, 0.25) is 0 Å². The summed E-state index contributed by atoms with van der Waals surface area (Å²) in [7, 11) is 1.60. The third-order valence-corrected chi connectivity index (χ3v) is 2.61. The van der Waals surface area contributed by atoms with E-state index in [9.17, 15) is 9.32 Å². The van der Waals surface area contributed by atoms with Crippen LogP contribution in [0.5, 0.6) is 5.75 Å². The van der Waals surface area contributed by atoms with Gasteiger partial charge < -0.3 is 4.74 Å². The van der Waals surface area contributed by atoms with Crippen LogP contribution in [-0.4, -0.2) is 13.1 Å². The highest BCUT2D eigenvalue weighted by molar-refractivity contribution is 5.89. The fraction of sp³-hybridized carbons (Fsp3) is 0.0714. The van der Waals surface area contributed by atoms with Crippen LogP contribution in [0, 0.1) is 0 Å². The smallest absolute Gasteiger partial charge is 0.379 e. The van der Waals surface area contributed by atoms with E-state index >= 15 is 0 Å². The Balaban J connectivity index is 2.25. The van der Waals surface area contributed by atoms with E-state index in [1.54, 1.807) is 19.2 Å². The molecule has 0 aliphatic heterocycles. The molecule has 2 rings (SSSR count). The zero-order chi connectivity index (χ0) is 13.0. The molecule has 0 amide bonds. The lowest BCUT2D eigenvalue weighted by Gasteiger charge is -2.04. The number of ether oxygens (including phenoxy) is 1. The Morgan fingerprint density at radius 2 is 1.44 bits per heavy atom. The minimum Gasteiger partial charge on any atom is -0.497 e. The number of carbonyl (C=O) groups excluding carboxylic acids is 1. The zero-order valence-corrected chi connectivity index (χ0v) is 9.72. The summed E-state index contributed by atoms with van der Waals surface area (Å²) in [5.41, 5.74) is 2.08. The van der Waals surface area contributed by atoms with Crippen molar-refractivity contribution in [2.75, 3.05) is 7.11 Å². The number of rotatable bonds is 3. The molecular formula is C14H11FO3. The molecule has 0 atom stereocenters. The fourth-order valence-corrected chi connectivity index (χ4v) is 1.63. The average Bonchev–Trinajstić information content (AvgIpc) is 2.47. The Hall–Kier alpha value is -2.36. The highest BCUT2D eigenvalue weighted by atomic mass is 19.3. The molecule has 4 heteroatoms. The third-order valence-electron chi connectivity index (χ3n) is 2.61. The predicted octanol–water partition coefficient (Wildman–Crippen LogP) is 3.40. The van der Waals surface area contributed by atoms with Gasteiger partial charge in [0.25, 0.3) is 0 Å². The van der Waals surface area contributed by atoms with Crippen LogP contribution in [0.1, 0.15) is 10.4 Å². The first kappa shape index (κ1) is 12.1. The Kier molecular flexibility index (Phi) is 3.57. The van der Waals surface area contributed by atoms with Crippen LogP contribution in [0.3, 0.4) is 0 Å². The van der Waals surface area contributed by atoms with Crippen molar-refractivity contribution in [3.05, 3.63) is 54.1 Å². The van der Waals surface area contributed by atoms with Crippen LogP contribution in [0.4, 0.5) is 4.53 Å². The highest BCUT2D eigenvalue weighted by Gasteiger charge is 2.07. The van der Waals surface area contributed by atoms with Crippen molar-refractivity contribution in [1.82, 2.24) is 0 Å². The number of carbonyl (C=O) groups is 1. The summed E-state index contributed by atoms with van der Waals surface area (Å²) in [6.07, 6.45) is 0. The summed E-state index contributed by atoms with van der Waals surface area (Å²) in [6.45, 7) is 0. The number of hydrogen-bond donors (Lipinski definition) is 0. The van der Waals surface area contributed by atoms with Gasteiger partial charge in [-0.05, 0) is 35.4 Å². The van der Waals surface area contributed by atoms with Crippen molar-refractivity contribution in [3.63, 3.8) is 0 Å². The first-order chi connectivity index (χ1) is 8.74. The maximum Gasteiger partial charge on any atom is 0.379 e. The minimum atomic E-state index is -0.990. The SMILES string of the molecule is COc1ccc(-c2ccc(C(=O)OF)cc2)cc1. The molecule has 0 spiro atoms. The summed E-state index contributed by atoms with van der Waals surface area (Å²) in [6, 6.07) is 14.0. The molecule has 92 valence electrons. The molecular weight excluding hydrogens is 235 g/mol. The van der Waals surface area contributed by atoms with Crippen LogP contribution in [-0.2, 0) is 4.94 Å². The summed E-state index contributed by atoms with van der Waals surface area (Å²) < 4.78 is 16.8. The Bertz CT molecular complexity index is 532. The van der Waals surface area contributed by atoms with Crippen molar-refractivity contribution >= 4 is 5.97 Å². The predicted molar refractivity (Wildman–Crippen MR) is 65.0 cm³/mol. The van der Waals surface area contributed by atoms with Crippen LogP contribution in [0.2, 0.25) is 0 Å². The maximum atomic E-state index is 11.7. The molecule has 0 saturated carbocycles. The van der Waals surface area contributed by atoms with Crippen LogP contribution in [0.25, 0.3) is 11.1 Å². The van der Waals surface area contributed by atoms with E-state index in [1.165, 1.54) is 12.1 Å². The molecule has 3 nitrogen and oxygen atoms in total. The first-order valence-electron chi connectivity index (χ1n) is 5.32. The Labute approximate surface area is 104 Å². The Morgan fingerprint density at radius 1 is 0.944 bits per heavy atom. The number of methoxy groups -OCH3 is 1. The molecule has 2 aromatic carbocycles. The maximum absolute atomic E-state index is 11.7. The van der Waals surface area contributed by atoms with Gasteiger partial charge >= 0.3 is 5.97 Å². The normalized spacial score (nSPS) is 9.89. The highest BCUT2D eigenvalue weighted by Crippen LogP contribution is 2.22. The molecule has 0 heterocycles. The van der Waals surface area contributed by atoms with Gasteiger partial charge in [-0.15, -0.1) is 0 Å². The third kappa shape index (κ3) is 2.48. The summed E-state index contributed by atoms with van der Waals surface area (Å²) in [5, 5.41) is 0. The van der Waals surface area contributed by atoms with Crippen LogP contribution in [0.15, 0.2) is 48.5 Å². The van der Waals surface area contributed by atoms with E-state index in [1.807, 2.05) is 24.3 Å². The lowest BCUT2D eigenvalue weighted by atomic mass is 10.0. The largest absolute Gasteiger partial charge is 0.497 e. The fourth-order valence-electron chi connectivity index (χ4n) is 1.63. The van der Waals surface area contributed by atoms with E-state index in [0.717, 1.165) is 16.9 Å². The molecule has 0 fully saturated rings. The molecule has 0 aromatic heterocycles. The van der Waals surface area contributed by atoms with Gasteiger partial charge in [0.1, 0.15) is 5.75 Å². The van der Waals surface area contributed by atoms with Gasteiger partial charge in [-0.3, -0.25) is 0 Å². The Morgan fingerprint density at radius 3 is 1.89 bits per heavy atom. The first-order valence-corrected chi connectivity index (χ1v) is 5.32. The minimum absolute atomic E-state index is 0.176. The number of halogens is 1. The quantitative estimate of drug-likeness (QED) is 0.832. The van der Waals surface area contributed by atoms with Crippen LogP contribution < -0.4 is 4.74 Å². The summed E-state index contributed by atoms with van der Waals surface area (Å²) in [4.78, 5) is 14.1. The van der Waals surface area contributed by atoms with E-state index in [0.29, 0.717) is 0 Å². The standard InChI is InChI=1S/C14H11FO3/c1-17-13-8-6-11(7-9-13)10-2-4-12(5-3-10)14(16)18-15/h2-9H,1H3. The second-order valence-corrected chi connectivity index (χ2v) is 3.67. The van der Waals surface area contributed by atoms with Gasteiger partial charge in [0, 0.05) is 4.53 Å². The van der Waals surface area contributed by atoms with Gasteiger partial charge in [-0.25, -0.2) is 9.74 Å². The van der Waals surface area contributed by atoms with E-state index in [2.05, 4.69) is 4.94 Å². The van der Waals surface area contributed by atoms with E-state index in [-0.39, 0.29) is 5.56 Å². The molecule has 0 aliphatic rings. The number of hydrogen-bond acceptors (Lipinski definition) is 3. The van der Waals surface area contributed by atoms with Gasteiger partial charge in [0.15, 0.2) is 0 Å². The van der Waals surface area contributed by atoms with E-state index in [4.69, 9.17) is 4.74 Å². The van der Waals surface area contributed by atoms with Crippen molar-refractivity contribution in [3.8, 4) is 16.9 Å². The lowest BCUT2D eigenvalue weighted by molar-refractivity contribution is -0.0788. The lowest BCUT2D eigenvalue weighted by Crippen LogP contribution is -1.97. The molecule has 0 saturated heterocycles. The molecule has 0 bridgehead atoms. The number of benzene rings is 2. The zero-order valence-electron chi connectivity index (χ0n) is 9.72. The van der Waals surface area contributed by atoms with Gasteiger partial charge in [-0.2, -0.15) is 0 Å². The van der Waals surface area contributed by atoms with Gasteiger partial charge in [-0.1, -0.05) is 24.3 Å². The monoisotopic (exact) mass is 246 g/mol. The van der Waals surface area contributed by atoms with Crippen molar-refractivity contribution < 1.29 is 19.0 Å². The molecule has 0 N–H and O–H groups in total. The van der Waals surface area contributed by atoms with Crippen molar-refractivity contribution in [2.24, 2.45) is 0 Å². The second kappa shape index (κ2) is 5.31. The van der Waals surface area contributed by atoms with E-state index < -0.39 is 5.97 Å². The van der Waals surface area contributed by atoms with Crippen molar-refractivity contribution in [1.29, 1.82) is 0 Å². The average molecular weight is 246 g/mol. The van der Waals surface area contributed by atoms with Crippen molar-refractivity contribution in [2.45, 2.75) is 0 Å². The van der Waals surface area contributed by atoms with Crippen LogP contribution >= 0.6 is 0 Å². The van der Waals surface area contributed by atoms with Gasteiger partial charge in [0.05, 0.1) is 12.7 Å². The molecule has 0 radical (unpaired) electrons.